The number of benzene rings is 2. The fourth-order valence-corrected chi connectivity index (χ4v) is 2.66. The Labute approximate surface area is 126 Å². The summed E-state index contributed by atoms with van der Waals surface area (Å²) >= 11 is 5.92. The zero-order valence-corrected chi connectivity index (χ0v) is 12.1. The number of carboxylic acid groups (broad SMARTS) is 1. The summed E-state index contributed by atoms with van der Waals surface area (Å²) in [5, 5.41) is 11.1. The molecule has 0 amide bonds. The van der Waals surface area contributed by atoms with Crippen LogP contribution in [0.3, 0.4) is 0 Å². The normalized spacial score (nSPS) is 10.8. The van der Waals surface area contributed by atoms with E-state index in [2.05, 4.69) is 4.98 Å². The Morgan fingerprint density at radius 2 is 1.90 bits per heavy atom. The van der Waals surface area contributed by atoms with Gasteiger partial charge < -0.3 is 5.11 Å². The van der Waals surface area contributed by atoms with E-state index < -0.39 is 5.97 Å². The van der Waals surface area contributed by atoms with Gasteiger partial charge in [-0.2, -0.15) is 0 Å². The van der Waals surface area contributed by atoms with Gasteiger partial charge in [-0.25, -0.2) is 4.79 Å². The van der Waals surface area contributed by atoms with Crippen LogP contribution in [-0.4, -0.2) is 16.1 Å². The number of nitrogens with zero attached hydrogens (tertiary/aromatic N) is 1. The van der Waals surface area contributed by atoms with Crippen molar-refractivity contribution in [2.45, 2.75) is 6.92 Å². The Kier molecular flexibility index (Phi) is 3.35. The third-order valence-corrected chi connectivity index (χ3v) is 3.69. The first-order valence-corrected chi connectivity index (χ1v) is 6.83. The molecule has 21 heavy (non-hydrogen) atoms. The second kappa shape index (κ2) is 5.19. The lowest BCUT2D eigenvalue weighted by atomic mass is 9.93. The molecular weight excluding hydrogens is 286 g/mol. The van der Waals surface area contributed by atoms with Gasteiger partial charge in [-0.05, 0) is 42.3 Å². The number of carbonyl (C=O) groups is 1. The van der Waals surface area contributed by atoms with Gasteiger partial charge in [0.05, 0.1) is 11.1 Å². The van der Waals surface area contributed by atoms with Crippen molar-refractivity contribution in [2.75, 3.05) is 0 Å². The molecule has 0 saturated heterocycles. The summed E-state index contributed by atoms with van der Waals surface area (Å²) in [5.74, 6) is -0.954. The number of rotatable bonds is 2. The molecule has 1 aromatic heterocycles. The number of pyridine rings is 1. The molecule has 3 aromatic rings. The van der Waals surface area contributed by atoms with E-state index in [4.69, 9.17) is 11.6 Å². The summed E-state index contributed by atoms with van der Waals surface area (Å²) in [6.45, 7) is 1.80. The summed E-state index contributed by atoms with van der Waals surface area (Å²) in [6.07, 6.45) is 1.67. The van der Waals surface area contributed by atoms with Gasteiger partial charge in [0, 0.05) is 22.2 Å². The number of aryl methyl sites for hydroxylation is 1. The maximum Gasteiger partial charge on any atom is 0.336 e. The van der Waals surface area contributed by atoms with E-state index in [1.165, 1.54) is 0 Å². The highest BCUT2D eigenvalue weighted by molar-refractivity contribution is 6.30. The average molecular weight is 298 g/mol. The number of hydrogen-bond donors (Lipinski definition) is 1. The number of carboxylic acids is 1. The summed E-state index contributed by atoms with van der Waals surface area (Å²) in [7, 11) is 0. The Bertz CT molecular complexity index is 841. The molecule has 1 N–H and O–H groups in total. The van der Waals surface area contributed by atoms with E-state index >= 15 is 0 Å². The van der Waals surface area contributed by atoms with Crippen molar-refractivity contribution in [1.29, 1.82) is 0 Å². The van der Waals surface area contributed by atoms with Gasteiger partial charge >= 0.3 is 5.97 Å². The topological polar surface area (TPSA) is 50.2 Å². The standard InChI is InChI=1S/C17H12ClNO2/c1-10-9-12-3-2-8-19-16(12)15(14(10)17(20)21)11-4-6-13(18)7-5-11/h2-9H,1H3,(H,20,21). The minimum absolute atomic E-state index is 0.281. The van der Waals surface area contributed by atoms with Crippen molar-refractivity contribution in [1.82, 2.24) is 4.98 Å². The van der Waals surface area contributed by atoms with Gasteiger partial charge in [0.1, 0.15) is 0 Å². The van der Waals surface area contributed by atoms with E-state index in [-0.39, 0.29) is 5.56 Å². The molecule has 3 rings (SSSR count). The van der Waals surface area contributed by atoms with Crippen molar-refractivity contribution < 1.29 is 9.90 Å². The molecule has 0 unspecified atom stereocenters. The molecule has 1 heterocycles. The molecule has 0 aliphatic rings. The lowest BCUT2D eigenvalue weighted by Gasteiger charge is -2.13. The summed E-state index contributed by atoms with van der Waals surface area (Å²) in [6, 6.07) is 12.8. The largest absolute Gasteiger partial charge is 0.478 e. The van der Waals surface area contributed by atoms with Crippen molar-refractivity contribution in [3.05, 3.63) is 64.8 Å². The first kappa shape index (κ1) is 13.6. The number of fused-ring (bicyclic) bond motifs is 1. The van der Waals surface area contributed by atoms with Gasteiger partial charge in [0.25, 0.3) is 0 Å². The highest BCUT2D eigenvalue weighted by atomic mass is 35.5. The molecule has 0 radical (unpaired) electrons. The van der Waals surface area contributed by atoms with E-state index in [0.717, 1.165) is 10.9 Å². The molecule has 0 aliphatic heterocycles. The van der Waals surface area contributed by atoms with Gasteiger partial charge in [-0.1, -0.05) is 29.8 Å². The predicted octanol–water partition coefficient (Wildman–Crippen LogP) is 4.56. The van der Waals surface area contributed by atoms with Crippen LogP contribution in [0.25, 0.3) is 22.0 Å². The van der Waals surface area contributed by atoms with Gasteiger partial charge in [-0.3, -0.25) is 4.98 Å². The third-order valence-electron chi connectivity index (χ3n) is 3.44. The summed E-state index contributed by atoms with van der Waals surface area (Å²) < 4.78 is 0. The van der Waals surface area contributed by atoms with Crippen LogP contribution < -0.4 is 0 Å². The Balaban J connectivity index is 2.44. The maximum atomic E-state index is 11.7. The highest BCUT2D eigenvalue weighted by Gasteiger charge is 2.19. The van der Waals surface area contributed by atoms with E-state index in [1.807, 2.05) is 30.3 Å². The maximum absolute atomic E-state index is 11.7. The Morgan fingerprint density at radius 1 is 1.19 bits per heavy atom. The van der Waals surface area contributed by atoms with Crippen molar-refractivity contribution in [2.24, 2.45) is 0 Å². The second-order valence-corrected chi connectivity index (χ2v) is 5.27. The first-order valence-electron chi connectivity index (χ1n) is 6.45. The van der Waals surface area contributed by atoms with Gasteiger partial charge in [-0.15, -0.1) is 0 Å². The number of hydrogen-bond acceptors (Lipinski definition) is 2. The molecule has 0 saturated carbocycles. The van der Waals surface area contributed by atoms with Crippen LogP contribution in [0, 0.1) is 6.92 Å². The molecule has 0 atom stereocenters. The van der Waals surface area contributed by atoms with Crippen molar-refractivity contribution in [3.8, 4) is 11.1 Å². The van der Waals surface area contributed by atoms with Gasteiger partial charge in [0.15, 0.2) is 0 Å². The summed E-state index contributed by atoms with van der Waals surface area (Å²) in [4.78, 5) is 16.0. The van der Waals surface area contributed by atoms with E-state index in [9.17, 15) is 9.90 Å². The van der Waals surface area contributed by atoms with Crippen LogP contribution in [0.4, 0.5) is 0 Å². The SMILES string of the molecule is Cc1cc2cccnc2c(-c2ccc(Cl)cc2)c1C(=O)O. The molecule has 0 aliphatic carbocycles. The molecule has 2 aromatic carbocycles. The fourth-order valence-electron chi connectivity index (χ4n) is 2.54. The van der Waals surface area contributed by atoms with Crippen LogP contribution in [-0.2, 0) is 0 Å². The fraction of sp³-hybridized carbons (Fsp3) is 0.0588. The van der Waals surface area contributed by atoms with Crippen molar-refractivity contribution in [3.63, 3.8) is 0 Å². The molecular formula is C17H12ClNO2. The number of aromatic carboxylic acids is 1. The monoisotopic (exact) mass is 297 g/mol. The average Bonchev–Trinajstić information content (AvgIpc) is 2.46. The van der Waals surface area contributed by atoms with Crippen LogP contribution >= 0.6 is 11.6 Å². The zero-order chi connectivity index (χ0) is 15.0. The second-order valence-electron chi connectivity index (χ2n) is 4.83. The van der Waals surface area contributed by atoms with Crippen LogP contribution in [0.2, 0.25) is 5.02 Å². The molecule has 0 bridgehead atoms. The zero-order valence-electron chi connectivity index (χ0n) is 11.3. The van der Waals surface area contributed by atoms with Crippen LogP contribution in [0.15, 0.2) is 48.7 Å². The molecule has 4 heteroatoms. The van der Waals surface area contributed by atoms with Gasteiger partial charge in [0.2, 0.25) is 0 Å². The third kappa shape index (κ3) is 2.36. The molecule has 104 valence electrons. The predicted molar refractivity (Wildman–Crippen MR) is 83.9 cm³/mol. The van der Waals surface area contributed by atoms with Crippen molar-refractivity contribution >= 4 is 28.5 Å². The first-order chi connectivity index (χ1) is 10.1. The van der Waals surface area contributed by atoms with E-state index in [1.54, 1.807) is 25.3 Å². The minimum Gasteiger partial charge on any atom is -0.478 e. The minimum atomic E-state index is -0.954. The van der Waals surface area contributed by atoms with Crippen LogP contribution in [0.5, 0.6) is 0 Å². The smallest absolute Gasteiger partial charge is 0.336 e. The summed E-state index contributed by atoms with van der Waals surface area (Å²) in [5.41, 5.74) is 3.11. The van der Waals surface area contributed by atoms with Crippen LogP contribution in [0.1, 0.15) is 15.9 Å². The molecule has 3 nitrogen and oxygen atoms in total. The molecule has 0 fully saturated rings. The lowest BCUT2D eigenvalue weighted by Crippen LogP contribution is -2.04. The number of aromatic nitrogens is 1. The quantitative estimate of drug-likeness (QED) is 0.754. The highest BCUT2D eigenvalue weighted by Crippen LogP contribution is 2.33. The molecule has 0 spiro atoms. The lowest BCUT2D eigenvalue weighted by molar-refractivity contribution is 0.0697. The Hall–Kier alpha value is -2.39. The number of halogens is 1. The Morgan fingerprint density at radius 3 is 2.57 bits per heavy atom. The van der Waals surface area contributed by atoms with E-state index in [0.29, 0.717) is 21.7 Å².